The molecule has 0 saturated carbocycles. The average Bonchev–Trinajstić information content (AvgIpc) is 2.88. The zero-order chi connectivity index (χ0) is 11.9. The highest BCUT2D eigenvalue weighted by atomic mass is 16.6. The van der Waals surface area contributed by atoms with Gasteiger partial charge in [-0.3, -0.25) is 4.99 Å². The summed E-state index contributed by atoms with van der Waals surface area (Å²) < 4.78 is 5.18. The van der Waals surface area contributed by atoms with E-state index >= 15 is 0 Å². The fraction of sp³-hybridized carbons (Fsp3) is 0.818. The number of carbonyl (C=O) groups is 1. The van der Waals surface area contributed by atoms with Crippen molar-refractivity contribution in [2.75, 3.05) is 39.3 Å². The number of ether oxygens (including phenoxy) is 1. The molecule has 1 saturated heterocycles. The molecule has 0 aromatic carbocycles. The highest BCUT2D eigenvalue weighted by Crippen LogP contribution is 2.09. The van der Waals surface area contributed by atoms with E-state index in [9.17, 15) is 4.79 Å². The number of amides is 1. The number of likely N-dealkylation sites (tertiary alicyclic amines) is 1. The van der Waals surface area contributed by atoms with Crippen molar-refractivity contribution in [1.82, 2.24) is 15.5 Å². The van der Waals surface area contributed by atoms with Gasteiger partial charge in [0.05, 0.1) is 13.1 Å². The van der Waals surface area contributed by atoms with E-state index < -0.39 is 0 Å². The predicted molar refractivity (Wildman–Crippen MR) is 65.1 cm³/mol. The molecule has 2 N–H and O–H groups in total. The van der Waals surface area contributed by atoms with Gasteiger partial charge >= 0.3 is 6.09 Å². The Balaban J connectivity index is 1.56. The van der Waals surface area contributed by atoms with Crippen molar-refractivity contribution in [3.8, 4) is 0 Å². The maximum atomic E-state index is 11.6. The van der Waals surface area contributed by atoms with Crippen LogP contribution in [0.4, 0.5) is 4.79 Å². The Morgan fingerprint density at radius 1 is 1.41 bits per heavy atom. The summed E-state index contributed by atoms with van der Waals surface area (Å²) in [6.07, 6.45) is 3.21. The molecule has 1 fully saturated rings. The smallest absolute Gasteiger partial charge is 0.409 e. The van der Waals surface area contributed by atoms with Crippen LogP contribution in [0.3, 0.4) is 0 Å². The van der Waals surface area contributed by atoms with E-state index in [-0.39, 0.29) is 6.09 Å². The summed E-state index contributed by atoms with van der Waals surface area (Å²) in [5.74, 6) is 0.805. The molecule has 96 valence electrons. The number of nitrogens with one attached hydrogen (secondary N) is 2. The van der Waals surface area contributed by atoms with Crippen molar-refractivity contribution >= 4 is 12.1 Å². The van der Waals surface area contributed by atoms with Crippen LogP contribution in [-0.4, -0.2) is 56.3 Å². The van der Waals surface area contributed by atoms with Gasteiger partial charge in [0.2, 0.25) is 0 Å². The molecule has 6 nitrogen and oxygen atoms in total. The van der Waals surface area contributed by atoms with Crippen molar-refractivity contribution < 1.29 is 9.53 Å². The van der Waals surface area contributed by atoms with E-state index in [0.29, 0.717) is 13.2 Å². The van der Waals surface area contributed by atoms with E-state index in [1.54, 1.807) is 4.90 Å². The lowest BCUT2D eigenvalue weighted by molar-refractivity contribution is 0.0968. The molecule has 0 aliphatic carbocycles. The number of hydrogen-bond acceptors (Lipinski definition) is 5. The Morgan fingerprint density at radius 2 is 2.24 bits per heavy atom. The molecule has 0 radical (unpaired) electrons. The van der Waals surface area contributed by atoms with Crippen molar-refractivity contribution in [2.45, 2.75) is 19.3 Å². The third-order valence-corrected chi connectivity index (χ3v) is 2.91. The molecular weight excluding hydrogens is 220 g/mol. The molecule has 0 aromatic heterocycles. The molecule has 1 amide bonds. The fourth-order valence-electron chi connectivity index (χ4n) is 1.99. The van der Waals surface area contributed by atoms with Crippen molar-refractivity contribution in [3.05, 3.63) is 0 Å². The van der Waals surface area contributed by atoms with Crippen molar-refractivity contribution in [2.24, 2.45) is 4.99 Å². The first-order chi connectivity index (χ1) is 8.36. The quantitative estimate of drug-likeness (QED) is 0.690. The van der Waals surface area contributed by atoms with Crippen LogP contribution in [0, 0.1) is 0 Å². The Bertz CT molecular complexity index is 287. The molecule has 2 rings (SSSR count). The normalized spacial score (nSPS) is 19.5. The number of aliphatic imine (C=N–C) groups is 1. The Kier molecular flexibility index (Phi) is 4.46. The summed E-state index contributed by atoms with van der Waals surface area (Å²) in [5, 5.41) is 6.18. The highest BCUT2D eigenvalue weighted by Gasteiger charge is 2.17. The van der Waals surface area contributed by atoms with Gasteiger partial charge < -0.3 is 20.3 Å². The third kappa shape index (κ3) is 3.80. The first-order valence-electron chi connectivity index (χ1n) is 6.30. The second kappa shape index (κ2) is 6.32. The van der Waals surface area contributed by atoms with Crippen LogP contribution >= 0.6 is 0 Å². The standard InChI is InChI=1S/C11H20N4O2/c16-11(15-7-2-1-3-8-15)17-9-6-14-10-12-4-5-13-10/h1-9H2,(H2,12,13,14). The first kappa shape index (κ1) is 12.0. The molecule has 0 bridgehead atoms. The van der Waals surface area contributed by atoms with Crippen LogP contribution in [-0.2, 0) is 4.74 Å². The number of rotatable bonds is 3. The molecule has 6 heteroatoms. The molecule has 0 unspecified atom stereocenters. The summed E-state index contributed by atoms with van der Waals surface area (Å²) in [6, 6.07) is 0. The van der Waals surface area contributed by atoms with Crippen LogP contribution in [0.2, 0.25) is 0 Å². The van der Waals surface area contributed by atoms with Crippen LogP contribution < -0.4 is 10.6 Å². The second-order valence-electron chi connectivity index (χ2n) is 4.25. The van der Waals surface area contributed by atoms with Gasteiger partial charge in [0.15, 0.2) is 5.96 Å². The minimum Gasteiger partial charge on any atom is -0.448 e. The Morgan fingerprint density at radius 3 is 2.94 bits per heavy atom. The lowest BCUT2D eigenvalue weighted by atomic mass is 10.1. The molecule has 17 heavy (non-hydrogen) atoms. The Hall–Kier alpha value is -1.46. The SMILES string of the molecule is O=C(OCCNC1=NCCN1)N1CCCCC1. The van der Waals surface area contributed by atoms with Gasteiger partial charge in [-0.25, -0.2) is 4.79 Å². The molecular formula is C11H20N4O2. The molecule has 0 aromatic rings. The highest BCUT2D eigenvalue weighted by molar-refractivity contribution is 5.81. The zero-order valence-electron chi connectivity index (χ0n) is 10.1. The summed E-state index contributed by atoms with van der Waals surface area (Å²) in [4.78, 5) is 17.6. The van der Waals surface area contributed by atoms with E-state index in [2.05, 4.69) is 15.6 Å². The summed E-state index contributed by atoms with van der Waals surface area (Å²) >= 11 is 0. The van der Waals surface area contributed by atoms with E-state index in [4.69, 9.17) is 4.74 Å². The van der Waals surface area contributed by atoms with Gasteiger partial charge in [-0.1, -0.05) is 0 Å². The van der Waals surface area contributed by atoms with Crippen molar-refractivity contribution in [3.63, 3.8) is 0 Å². The monoisotopic (exact) mass is 240 g/mol. The topological polar surface area (TPSA) is 66.0 Å². The molecule has 2 aliphatic heterocycles. The van der Waals surface area contributed by atoms with Gasteiger partial charge in [0.1, 0.15) is 6.61 Å². The van der Waals surface area contributed by atoms with E-state index in [1.807, 2.05) is 0 Å². The van der Waals surface area contributed by atoms with Gasteiger partial charge in [0.25, 0.3) is 0 Å². The average molecular weight is 240 g/mol. The summed E-state index contributed by atoms with van der Waals surface area (Å²) in [7, 11) is 0. The molecule has 2 heterocycles. The van der Waals surface area contributed by atoms with Gasteiger partial charge in [0, 0.05) is 19.6 Å². The van der Waals surface area contributed by atoms with E-state index in [1.165, 1.54) is 6.42 Å². The summed E-state index contributed by atoms with van der Waals surface area (Å²) in [5.41, 5.74) is 0. The summed E-state index contributed by atoms with van der Waals surface area (Å²) in [6.45, 7) is 4.36. The maximum absolute atomic E-state index is 11.6. The minimum absolute atomic E-state index is 0.187. The Labute approximate surface area is 101 Å². The zero-order valence-corrected chi connectivity index (χ0v) is 10.1. The first-order valence-corrected chi connectivity index (χ1v) is 6.30. The number of carbonyl (C=O) groups excluding carboxylic acids is 1. The van der Waals surface area contributed by atoms with Crippen LogP contribution in [0.25, 0.3) is 0 Å². The third-order valence-electron chi connectivity index (χ3n) is 2.91. The predicted octanol–water partition coefficient (Wildman–Crippen LogP) is 0.158. The number of piperidine rings is 1. The second-order valence-corrected chi connectivity index (χ2v) is 4.25. The molecule has 0 atom stereocenters. The van der Waals surface area contributed by atoms with Crippen LogP contribution in [0.15, 0.2) is 4.99 Å². The number of nitrogens with zero attached hydrogens (tertiary/aromatic N) is 2. The number of hydrogen-bond donors (Lipinski definition) is 2. The van der Waals surface area contributed by atoms with Crippen molar-refractivity contribution in [1.29, 1.82) is 0 Å². The lowest BCUT2D eigenvalue weighted by Gasteiger charge is -2.25. The number of guanidine groups is 1. The largest absolute Gasteiger partial charge is 0.448 e. The van der Waals surface area contributed by atoms with Gasteiger partial charge in [-0.2, -0.15) is 0 Å². The van der Waals surface area contributed by atoms with Gasteiger partial charge in [-0.15, -0.1) is 0 Å². The lowest BCUT2D eigenvalue weighted by Crippen LogP contribution is -2.39. The molecule has 0 spiro atoms. The fourth-order valence-corrected chi connectivity index (χ4v) is 1.99. The van der Waals surface area contributed by atoms with Crippen LogP contribution in [0.1, 0.15) is 19.3 Å². The van der Waals surface area contributed by atoms with E-state index in [0.717, 1.165) is 45.0 Å². The minimum atomic E-state index is -0.187. The molecule has 2 aliphatic rings. The maximum Gasteiger partial charge on any atom is 0.409 e. The van der Waals surface area contributed by atoms with Crippen LogP contribution in [0.5, 0.6) is 0 Å². The van der Waals surface area contributed by atoms with Gasteiger partial charge in [-0.05, 0) is 19.3 Å².